The Labute approximate surface area is 182 Å². The number of hydrogen-bond donors (Lipinski definition) is 1. The van der Waals surface area contributed by atoms with Crippen molar-refractivity contribution in [2.24, 2.45) is 0 Å². The largest absolute Gasteiger partial charge is 0.349 e. The average Bonchev–Trinajstić information content (AvgIpc) is 3.64. The topological polar surface area (TPSA) is 62.3 Å². The van der Waals surface area contributed by atoms with Crippen LogP contribution in [0.1, 0.15) is 63.6 Å². The van der Waals surface area contributed by atoms with Gasteiger partial charge >= 0.3 is 0 Å². The zero-order valence-electron chi connectivity index (χ0n) is 17.8. The molecule has 5 rings (SSSR count). The molecule has 1 saturated carbocycles. The summed E-state index contributed by atoms with van der Waals surface area (Å²) in [5, 5.41) is 4.07. The number of aryl methyl sites for hydroxylation is 1. The van der Waals surface area contributed by atoms with Crippen LogP contribution in [0.5, 0.6) is 0 Å². The maximum atomic E-state index is 13.4. The molecule has 2 amide bonds. The van der Waals surface area contributed by atoms with E-state index >= 15 is 0 Å². The molecular weight excluding hydrogens is 386 g/mol. The molecule has 2 aromatic carbocycles. The number of aromatic nitrogens is 1. The number of amides is 2. The van der Waals surface area contributed by atoms with Gasteiger partial charge in [-0.2, -0.15) is 0 Å². The Morgan fingerprint density at radius 2 is 1.65 bits per heavy atom. The normalized spacial score (nSPS) is 17.0. The lowest BCUT2D eigenvalue weighted by Crippen LogP contribution is -2.46. The summed E-state index contributed by atoms with van der Waals surface area (Å²) < 4.78 is 0. The summed E-state index contributed by atoms with van der Waals surface area (Å²) in [5.41, 5.74) is 4.40. The summed E-state index contributed by atoms with van der Waals surface area (Å²) in [6.07, 6.45) is 3.85. The van der Waals surface area contributed by atoms with E-state index in [2.05, 4.69) is 5.32 Å². The van der Waals surface area contributed by atoms with E-state index in [0.717, 1.165) is 59.0 Å². The minimum atomic E-state index is -0.0305. The highest BCUT2D eigenvalue weighted by Gasteiger charge is 2.29. The Balaban J connectivity index is 1.28. The number of piperidine rings is 1. The molecule has 0 unspecified atom stereocenters. The van der Waals surface area contributed by atoms with Crippen LogP contribution >= 0.6 is 0 Å². The van der Waals surface area contributed by atoms with Gasteiger partial charge in [-0.25, -0.2) is 0 Å². The van der Waals surface area contributed by atoms with Crippen LogP contribution in [0, 0.1) is 6.92 Å². The molecule has 1 aliphatic carbocycles. The number of para-hydroxylation sites is 1. The maximum Gasteiger partial charge on any atom is 0.254 e. The van der Waals surface area contributed by atoms with Crippen LogP contribution < -0.4 is 5.32 Å². The zero-order valence-corrected chi connectivity index (χ0v) is 17.8. The number of nitrogens with zero attached hydrogens (tertiary/aromatic N) is 2. The SMILES string of the molecule is Cc1ccccc1C(=O)NC1CCN(C(=O)c2cc(C3CC3)nc3ccccc23)CC1. The van der Waals surface area contributed by atoms with Crippen LogP contribution in [0.4, 0.5) is 0 Å². The zero-order chi connectivity index (χ0) is 21.4. The number of pyridine rings is 1. The molecule has 5 nitrogen and oxygen atoms in total. The van der Waals surface area contributed by atoms with Crippen molar-refractivity contribution >= 4 is 22.7 Å². The lowest BCUT2D eigenvalue weighted by molar-refractivity contribution is 0.0700. The molecule has 0 spiro atoms. The fourth-order valence-electron chi connectivity index (χ4n) is 4.45. The number of rotatable bonds is 4. The van der Waals surface area contributed by atoms with Gasteiger partial charge in [-0.3, -0.25) is 14.6 Å². The second kappa shape index (κ2) is 8.14. The van der Waals surface area contributed by atoms with Crippen LogP contribution in [0.3, 0.4) is 0 Å². The number of benzene rings is 2. The lowest BCUT2D eigenvalue weighted by atomic mass is 10.0. The van der Waals surface area contributed by atoms with Crippen LogP contribution in [-0.2, 0) is 0 Å². The Morgan fingerprint density at radius 1 is 0.935 bits per heavy atom. The van der Waals surface area contributed by atoms with Gasteiger partial charge in [0.2, 0.25) is 0 Å². The van der Waals surface area contributed by atoms with Crippen molar-refractivity contribution in [3.8, 4) is 0 Å². The van der Waals surface area contributed by atoms with E-state index < -0.39 is 0 Å². The predicted octanol–water partition coefficient (Wildman–Crippen LogP) is 4.46. The van der Waals surface area contributed by atoms with E-state index in [0.29, 0.717) is 19.0 Å². The van der Waals surface area contributed by atoms with Crippen molar-refractivity contribution in [3.05, 3.63) is 77.0 Å². The molecule has 1 aromatic heterocycles. The van der Waals surface area contributed by atoms with Crippen LogP contribution in [-0.4, -0.2) is 40.8 Å². The van der Waals surface area contributed by atoms with Crippen molar-refractivity contribution in [1.82, 2.24) is 15.2 Å². The van der Waals surface area contributed by atoms with Crippen molar-refractivity contribution in [2.45, 2.75) is 44.6 Å². The first-order valence-electron chi connectivity index (χ1n) is 11.2. The Hall–Kier alpha value is -3.21. The number of carbonyl (C=O) groups is 2. The number of likely N-dealkylation sites (tertiary alicyclic amines) is 1. The van der Waals surface area contributed by atoms with Gasteiger partial charge in [0.15, 0.2) is 0 Å². The maximum absolute atomic E-state index is 13.4. The summed E-state index contributed by atoms with van der Waals surface area (Å²) in [6, 6.07) is 17.6. The number of carbonyl (C=O) groups excluding carboxylic acids is 2. The van der Waals surface area contributed by atoms with E-state index in [4.69, 9.17) is 4.98 Å². The lowest BCUT2D eigenvalue weighted by Gasteiger charge is -2.33. The smallest absolute Gasteiger partial charge is 0.254 e. The highest BCUT2D eigenvalue weighted by Crippen LogP contribution is 2.40. The molecule has 1 aliphatic heterocycles. The molecule has 0 bridgehead atoms. The molecule has 5 heteroatoms. The Bertz CT molecular complexity index is 1140. The summed E-state index contributed by atoms with van der Waals surface area (Å²) in [6.45, 7) is 3.24. The second-order valence-corrected chi connectivity index (χ2v) is 8.74. The van der Waals surface area contributed by atoms with Gasteiger partial charge < -0.3 is 10.2 Å². The van der Waals surface area contributed by atoms with Crippen molar-refractivity contribution in [3.63, 3.8) is 0 Å². The van der Waals surface area contributed by atoms with Crippen molar-refractivity contribution < 1.29 is 9.59 Å². The molecule has 0 atom stereocenters. The third-order valence-electron chi connectivity index (χ3n) is 6.47. The first kappa shape index (κ1) is 19.7. The van der Waals surface area contributed by atoms with Crippen molar-refractivity contribution in [1.29, 1.82) is 0 Å². The highest BCUT2D eigenvalue weighted by atomic mass is 16.2. The first-order valence-corrected chi connectivity index (χ1v) is 11.2. The molecular formula is C26H27N3O2. The quantitative estimate of drug-likeness (QED) is 0.687. The number of hydrogen-bond acceptors (Lipinski definition) is 3. The van der Waals surface area contributed by atoms with Crippen LogP contribution in [0.25, 0.3) is 10.9 Å². The third kappa shape index (κ3) is 4.05. The molecule has 2 fully saturated rings. The van der Waals surface area contributed by atoms with Gasteiger partial charge in [0.05, 0.1) is 11.1 Å². The summed E-state index contributed by atoms with van der Waals surface area (Å²) in [4.78, 5) is 32.8. The fourth-order valence-corrected chi connectivity index (χ4v) is 4.45. The minimum Gasteiger partial charge on any atom is -0.349 e. The molecule has 2 heterocycles. The van der Waals surface area contributed by atoms with E-state index in [1.807, 2.05) is 66.4 Å². The van der Waals surface area contributed by atoms with Crippen LogP contribution in [0.15, 0.2) is 54.6 Å². The van der Waals surface area contributed by atoms with E-state index in [1.54, 1.807) is 0 Å². The second-order valence-electron chi connectivity index (χ2n) is 8.74. The van der Waals surface area contributed by atoms with Gasteiger partial charge in [-0.15, -0.1) is 0 Å². The Morgan fingerprint density at radius 3 is 2.39 bits per heavy atom. The van der Waals surface area contributed by atoms with Gasteiger partial charge in [0.25, 0.3) is 11.8 Å². The predicted molar refractivity (Wildman–Crippen MR) is 121 cm³/mol. The molecule has 158 valence electrons. The average molecular weight is 414 g/mol. The molecule has 1 N–H and O–H groups in total. The van der Waals surface area contributed by atoms with Crippen LogP contribution in [0.2, 0.25) is 0 Å². The Kier molecular flexibility index (Phi) is 5.18. The monoisotopic (exact) mass is 413 g/mol. The van der Waals surface area contributed by atoms with Gasteiger partial charge in [0.1, 0.15) is 0 Å². The third-order valence-corrected chi connectivity index (χ3v) is 6.47. The number of nitrogens with one attached hydrogen (secondary N) is 1. The summed E-state index contributed by atoms with van der Waals surface area (Å²) >= 11 is 0. The minimum absolute atomic E-state index is 0.0305. The molecule has 0 radical (unpaired) electrons. The van der Waals surface area contributed by atoms with Gasteiger partial charge in [0, 0.05) is 41.7 Å². The molecule has 3 aromatic rings. The fraction of sp³-hybridized carbons (Fsp3) is 0.346. The molecule has 31 heavy (non-hydrogen) atoms. The van der Waals surface area contributed by atoms with Crippen molar-refractivity contribution in [2.75, 3.05) is 13.1 Å². The summed E-state index contributed by atoms with van der Waals surface area (Å²) in [5.74, 6) is 0.541. The van der Waals surface area contributed by atoms with Gasteiger partial charge in [-0.05, 0) is 56.4 Å². The molecule has 1 saturated heterocycles. The standard InChI is InChI=1S/C26H27N3O2/c1-17-6-2-3-7-20(17)25(30)27-19-12-14-29(15-13-19)26(31)22-16-24(18-10-11-18)28-23-9-5-4-8-21(22)23/h2-9,16,18-19H,10-15H2,1H3,(H,27,30). The first-order chi connectivity index (χ1) is 15.1. The van der Waals surface area contributed by atoms with E-state index in [1.165, 1.54) is 0 Å². The molecule has 2 aliphatic rings. The summed E-state index contributed by atoms with van der Waals surface area (Å²) in [7, 11) is 0. The van der Waals surface area contributed by atoms with E-state index in [-0.39, 0.29) is 17.9 Å². The highest BCUT2D eigenvalue weighted by molar-refractivity contribution is 6.06. The van der Waals surface area contributed by atoms with E-state index in [9.17, 15) is 9.59 Å². The number of fused-ring (bicyclic) bond motifs is 1. The van der Waals surface area contributed by atoms with Gasteiger partial charge in [-0.1, -0.05) is 36.4 Å².